The van der Waals surface area contributed by atoms with Crippen LogP contribution in [0.15, 0.2) is 12.5 Å². The lowest BCUT2D eigenvalue weighted by Crippen LogP contribution is -2.43. The molecule has 2 aliphatic rings. The van der Waals surface area contributed by atoms with Crippen LogP contribution in [0.2, 0.25) is 0 Å². The Morgan fingerprint density at radius 1 is 1.17 bits per heavy atom. The first-order valence-corrected chi connectivity index (χ1v) is 10.3. The van der Waals surface area contributed by atoms with Gasteiger partial charge in [-0.05, 0) is 31.6 Å². The van der Waals surface area contributed by atoms with E-state index in [0.717, 1.165) is 51.3 Å². The van der Waals surface area contributed by atoms with Crippen LogP contribution < -0.4 is 11.1 Å². The van der Waals surface area contributed by atoms with Gasteiger partial charge >= 0.3 is 0 Å². The molecule has 2 fully saturated rings. The molecule has 6 N–H and O–H groups in total. The monoisotopic (exact) mass is 425 g/mol. The van der Waals surface area contributed by atoms with Crippen LogP contribution in [-0.2, 0) is 20.8 Å². The minimum atomic E-state index is -0.833. The third kappa shape index (κ3) is 11.5. The van der Waals surface area contributed by atoms with E-state index in [4.69, 9.17) is 25.5 Å². The topological polar surface area (TPSA) is 162 Å². The summed E-state index contributed by atoms with van der Waals surface area (Å²) in [5.74, 6) is -0.666. The molecule has 1 saturated heterocycles. The maximum Gasteiger partial charge on any atom is 0.300 e. The van der Waals surface area contributed by atoms with Crippen molar-refractivity contribution < 1.29 is 24.6 Å². The summed E-state index contributed by atoms with van der Waals surface area (Å²) in [5, 5.41) is 17.9. The number of rotatable bonds is 8. The van der Waals surface area contributed by atoms with Crippen LogP contribution in [0.4, 0.5) is 0 Å². The van der Waals surface area contributed by atoms with Gasteiger partial charge in [0.2, 0.25) is 5.91 Å². The summed E-state index contributed by atoms with van der Waals surface area (Å²) in [6.45, 7) is 4.68. The average molecular weight is 426 g/mol. The van der Waals surface area contributed by atoms with E-state index in [-0.39, 0.29) is 5.91 Å². The number of hydrogen-bond donors (Lipinski definition) is 5. The normalized spacial score (nSPS) is 20.4. The second-order valence-corrected chi connectivity index (χ2v) is 7.68. The highest BCUT2D eigenvalue weighted by Crippen LogP contribution is 2.35. The molecule has 1 aromatic heterocycles. The molecule has 2 atom stereocenters. The van der Waals surface area contributed by atoms with Gasteiger partial charge < -0.3 is 26.2 Å². The van der Waals surface area contributed by atoms with E-state index in [1.807, 2.05) is 0 Å². The van der Waals surface area contributed by atoms with E-state index >= 15 is 0 Å². The molecule has 0 bridgehead atoms. The van der Waals surface area contributed by atoms with E-state index in [9.17, 15) is 4.79 Å². The van der Waals surface area contributed by atoms with Gasteiger partial charge in [0.25, 0.3) is 11.9 Å². The van der Waals surface area contributed by atoms with E-state index in [2.05, 4.69) is 20.2 Å². The second-order valence-electron chi connectivity index (χ2n) is 7.68. The molecule has 0 aromatic carbocycles. The molecule has 30 heavy (non-hydrogen) atoms. The fourth-order valence-corrected chi connectivity index (χ4v) is 3.43. The Balaban J connectivity index is 0.000000485. The van der Waals surface area contributed by atoms with E-state index in [1.54, 1.807) is 12.5 Å². The highest BCUT2D eigenvalue weighted by molar-refractivity contribution is 5.76. The Bertz CT molecular complexity index is 628. The van der Waals surface area contributed by atoms with E-state index in [0.29, 0.717) is 31.6 Å². The van der Waals surface area contributed by atoms with Crippen LogP contribution in [0.5, 0.6) is 0 Å². The average Bonchev–Trinajstić information content (AvgIpc) is 3.16. The number of hydrogen-bond acceptors (Lipinski definition) is 6. The van der Waals surface area contributed by atoms with Gasteiger partial charge in [-0.1, -0.05) is 0 Å². The SMILES string of the molecule is CC(=O)O.CC(=O)O.NC[C@H]1CC[C@@H](CC(=O)NCCc2cnc[nH]2)N1CC1CC1. The first-order valence-electron chi connectivity index (χ1n) is 10.3. The van der Waals surface area contributed by atoms with Crippen molar-refractivity contribution in [3.8, 4) is 0 Å². The Labute approximate surface area is 177 Å². The molecule has 0 spiro atoms. The van der Waals surface area contributed by atoms with Gasteiger partial charge in [0.15, 0.2) is 0 Å². The minimum Gasteiger partial charge on any atom is -0.481 e. The summed E-state index contributed by atoms with van der Waals surface area (Å²) in [7, 11) is 0. The molecule has 2 heterocycles. The van der Waals surface area contributed by atoms with Crippen molar-refractivity contribution in [2.24, 2.45) is 11.7 Å². The van der Waals surface area contributed by atoms with Gasteiger partial charge in [0.1, 0.15) is 0 Å². The quantitative estimate of drug-likeness (QED) is 0.409. The number of carboxylic acids is 2. The molecule has 170 valence electrons. The molecule has 10 heteroatoms. The van der Waals surface area contributed by atoms with Crippen molar-refractivity contribution in [3.63, 3.8) is 0 Å². The lowest BCUT2D eigenvalue weighted by Gasteiger charge is -2.29. The van der Waals surface area contributed by atoms with Gasteiger partial charge in [0, 0.05) is 70.3 Å². The lowest BCUT2D eigenvalue weighted by atomic mass is 10.1. The van der Waals surface area contributed by atoms with Gasteiger partial charge in [0.05, 0.1) is 6.33 Å². The number of imidazole rings is 1. The zero-order valence-corrected chi connectivity index (χ0v) is 17.8. The summed E-state index contributed by atoms with van der Waals surface area (Å²) in [6.07, 6.45) is 9.79. The number of nitrogens with two attached hydrogens (primary N) is 1. The van der Waals surface area contributed by atoms with Crippen LogP contribution >= 0.6 is 0 Å². The highest BCUT2D eigenvalue weighted by Gasteiger charge is 2.37. The van der Waals surface area contributed by atoms with Gasteiger partial charge in [-0.2, -0.15) is 0 Å². The Morgan fingerprint density at radius 3 is 2.27 bits per heavy atom. The lowest BCUT2D eigenvalue weighted by molar-refractivity contribution is -0.135. The van der Waals surface area contributed by atoms with Crippen molar-refractivity contribution in [1.29, 1.82) is 0 Å². The minimum absolute atomic E-state index is 0.156. The van der Waals surface area contributed by atoms with Crippen LogP contribution in [0.25, 0.3) is 0 Å². The molecule has 1 aromatic rings. The Hall–Kier alpha value is -2.46. The van der Waals surface area contributed by atoms with Crippen molar-refractivity contribution in [1.82, 2.24) is 20.2 Å². The van der Waals surface area contributed by atoms with Crippen LogP contribution in [-0.4, -0.2) is 74.6 Å². The summed E-state index contributed by atoms with van der Waals surface area (Å²) in [6, 6.07) is 0.852. The number of carbonyl (C=O) groups excluding carboxylic acids is 1. The summed E-state index contributed by atoms with van der Waals surface area (Å²) in [5.41, 5.74) is 6.95. The van der Waals surface area contributed by atoms with Gasteiger partial charge in [-0.25, -0.2) is 4.98 Å². The first-order chi connectivity index (χ1) is 14.2. The number of carboxylic acid groups (broad SMARTS) is 2. The number of nitrogens with zero attached hydrogens (tertiary/aromatic N) is 2. The van der Waals surface area contributed by atoms with Crippen molar-refractivity contribution >= 4 is 17.8 Å². The van der Waals surface area contributed by atoms with E-state index in [1.165, 1.54) is 12.8 Å². The molecule has 0 unspecified atom stereocenters. The molecule has 1 aliphatic heterocycles. The molecule has 1 aliphatic carbocycles. The number of H-pyrrole nitrogens is 1. The van der Waals surface area contributed by atoms with Crippen LogP contribution in [0.1, 0.15) is 51.6 Å². The molecule has 1 amide bonds. The second kappa shape index (κ2) is 13.7. The van der Waals surface area contributed by atoms with Gasteiger partial charge in [-0.3, -0.25) is 19.3 Å². The summed E-state index contributed by atoms with van der Waals surface area (Å²) >= 11 is 0. The summed E-state index contributed by atoms with van der Waals surface area (Å²) in [4.78, 5) is 39.7. The van der Waals surface area contributed by atoms with Crippen LogP contribution in [0.3, 0.4) is 0 Å². The first kappa shape index (κ1) is 25.6. The fraction of sp³-hybridized carbons (Fsp3) is 0.700. The Morgan fingerprint density at radius 2 is 1.77 bits per heavy atom. The maximum absolute atomic E-state index is 12.2. The third-order valence-corrected chi connectivity index (χ3v) is 4.90. The molecule has 10 nitrogen and oxygen atoms in total. The fourth-order valence-electron chi connectivity index (χ4n) is 3.43. The van der Waals surface area contributed by atoms with E-state index < -0.39 is 11.9 Å². The molecular weight excluding hydrogens is 390 g/mol. The highest BCUT2D eigenvalue weighted by atomic mass is 16.4. The maximum atomic E-state index is 12.2. The number of aliphatic carboxylic acids is 2. The Kier molecular flexibility index (Phi) is 11.7. The third-order valence-electron chi connectivity index (χ3n) is 4.90. The largest absolute Gasteiger partial charge is 0.481 e. The number of amides is 1. The molecule has 1 saturated carbocycles. The van der Waals surface area contributed by atoms with Gasteiger partial charge in [-0.15, -0.1) is 0 Å². The number of aromatic nitrogens is 2. The molecular formula is C20H35N5O5. The van der Waals surface area contributed by atoms with Crippen molar-refractivity contribution in [3.05, 3.63) is 18.2 Å². The van der Waals surface area contributed by atoms with Crippen LogP contribution in [0, 0.1) is 5.92 Å². The standard InChI is InChI=1S/C16H27N5O.2C2H4O2/c17-8-15-4-3-14(21(15)10-12-1-2-12)7-16(22)19-6-5-13-9-18-11-20-13;2*1-2(3)4/h9,11-12,14-15H,1-8,10,17H2,(H,18,20)(H,19,22);2*1H3,(H,3,4)/t14-,15+;;/m0../s1. The number of aromatic amines is 1. The molecule has 3 rings (SSSR count). The number of nitrogens with one attached hydrogen (secondary N) is 2. The van der Waals surface area contributed by atoms with Crippen molar-refractivity contribution in [2.45, 2.75) is 64.5 Å². The molecule has 0 radical (unpaired) electrons. The van der Waals surface area contributed by atoms with Crippen molar-refractivity contribution in [2.75, 3.05) is 19.6 Å². The number of likely N-dealkylation sites (tertiary alicyclic amines) is 1. The predicted octanol–water partition coefficient (Wildman–Crippen LogP) is 0.842. The summed E-state index contributed by atoms with van der Waals surface area (Å²) < 4.78 is 0. The zero-order valence-electron chi connectivity index (χ0n) is 17.8. The number of carbonyl (C=O) groups is 3. The zero-order chi connectivity index (χ0) is 22.5. The smallest absolute Gasteiger partial charge is 0.300 e. The predicted molar refractivity (Wildman–Crippen MR) is 112 cm³/mol.